The molecular formula is C18H27NO2. The van der Waals surface area contributed by atoms with Gasteiger partial charge >= 0.3 is 0 Å². The minimum atomic E-state index is -0.0883. The van der Waals surface area contributed by atoms with Crippen molar-refractivity contribution in [3.05, 3.63) is 35.4 Å². The van der Waals surface area contributed by atoms with Crippen molar-refractivity contribution in [2.24, 2.45) is 5.92 Å². The number of carbonyl (C=O) groups excluding carboxylic acids is 2. The highest BCUT2D eigenvalue weighted by molar-refractivity contribution is 6.09. The van der Waals surface area contributed by atoms with Gasteiger partial charge in [-0.2, -0.15) is 0 Å². The fraction of sp³-hybridized carbons (Fsp3) is 0.556. The summed E-state index contributed by atoms with van der Waals surface area (Å²) >= 11 is 0. The van der Waals surface area contributed by atoms with Crippen LogP contribution in [0, 0.1) is 5.92 Å². The summed E-state index contributed by atoms with van der Waals surface area (Å²) in [6.07, 6.45) is 1.34. The molecule has 0 aliphatic carbocycles. The molecule has 1 aromatic rings. The van der Waals surface area contributed by atoms with E-state index in [2.05, 4.69) is 18.7 Å². The van der Waals surface area contributed by atoms with Crippen molar-refractivity contribution in [2.75, 3.05) is 19.6 Å². The van der Waals surface area contributed by atoms with E-state index >= 15 is 0 Å². The third-order valence-corrected chi connectivity index (χ3v) is 3.79. The zero-order chi connectivity index (χ0) is 15.8. The van der Waals surface area contributed by atoms with Crippen molar-refractivity contribution in [3.8, 4) is 0 Å². The van der Waals surface area contributed by atoms with Gasteiger partial charge in [0, 0.05) is 23.5 Å². The molecule has 3 nitrogen and oxygen atoms in total. The van der Waals surface area contributed by atoms with Gasteiger partial charge in [0.05, 0.1) is 0 Å². The van der Waals surface area contributed by atoms with Gasteiger partial charge in [0.1, 0.15) is 0 Å². The van der Waals surface area contributed by atoms with E-state index in [0.29, 0.717) is 17.5 Å². The topological polar surface area (TPSA) is 37.4 Å². The van der Waals surface area contributed by atoms with Crippen molar-refractivity contribution in [1.29, 1.82) is 0 Å². The van der Waals surface area contributed by atoms with E-state index in [1.54, 1.807) is 12.1 Å². The van der Waals surface area contributed by atoms with Gasteiger partial charge in [0.15, 0.2) is 11.6 Å². The first-order valence-corrected chi connectivity index (χ1v) is 7.90. The summed E-state index contributed by atoms with van der Waals surface area (Å²) in [5.74, 6) is 0.0315. The van der Waals surface area contributed by atoms with E-state index in [1.807, 2.05) is 26.0 Å². The Bertz CT molecular complexity index is 476. The predicted molar refractivity (Wildman–Crippen MR) is 87.0 cm³/mol. The third kappa shape index (κ3) is 5.09. The Balaban J connectivity index is 2.72. The summed E-state index contributed by atoms with van der Waals surface area (Å²) in [5.41, 5.74) is 1.15. The summed E-state index contributed by atoms with van der Waals surface area (Å²) in [6, 6.07) is 7.19. The Hall–Kier alpha value is -1.48. The minimum absolute atomic E-state index is 0.0442. The smallest absolute Gasteiger partial charge is 0.166 e. The first kappa shape index (κ1) is 17.6. The Labute approximate surface area is 128 Å². The van der Waals surface area contributed by atoms with Gasteiger partial charge in [-0.1, -0.05) is 52.0 Å². The van der Waals surface area contributed by atoms with Gasteiger partial charge in [0.2, 0.25) is 0 Å². The zero-order valence-electron chi connectivity index (χ0n) is 13.7. The lowest BCUT2D eigenvalue weighted by Crippen LogP contribution is -2.24. The lowest BCUT2D eigenvalue weighted by atomic mass is 9.93. The minimum Gasteiger partial charge on any atom is -0.304 e. The van der Waals surface area contributed by atoms with Gasteiger partial charge in [0.25, 0.3) is 0 Å². The Morgan fingerprint density at radius 2 is 1.62 bits per heavy atom. The first-order valence-electron chi connectivity index (χ1n) is 7.90. The normalized spacial score (nSPS) is 11.1. The molecule has 0 heterocycles. The van der Waals surface area contributed by atoms with Gasteiger partial charge in [-0.25, -0.2) is 0 Å². The second-order valence-corrected chi connectivity index (χ2v) is 5.62. The van der Waals surface area contributed by atoms with Crippen molar-refractivity contribution < 1.29 is 9.59 Å². The third-order valence-electron chi connectivity index (χ3n) is 3.79. The van der Waals surface area contributed by atoms with Crippen LogP contribution in [-0.4, -0.2) is 36.1 Å². The largest absolute Gasteiger partial charge is 0.304 e. The molecule has 1 rings (SSSR count). The molecule has 0 N–H and O–H groups in total. The first-order chi connectivity index (χ1) is 10.0. The summed E-state index contributed by atoms with van der Waals surface area (Å²) < 4.78 is 0. The van der Waals surface area contributed by atoms with E-state index in [-0.39, 0.29) is 17.5 Å². The Morgan fingerprint density at radius 1 is 1.05 bits per heavy atom. The van der Waals surface area contributed by atoms with E-state index in [4.69, 9.17) is 0 Å². The van der Waals surface area contributed by atoms with Crippen LogP contribution in [0.5, 0.6) is 0 Å². The summed E-state index contributed by atoms with van der Waals surface area (Å²) in [6.45, 7) is 10.9. The monoisotopic (exact) mass is 289 g/mol. The highest BCUT2D eigenvalue weighted by Gasteiger charge is 2.18. The molecule has 0 unspecified atom stereocenters. The number of Topliss-reactive ketones (excluding diaryl/α,β-unsaturated/α-hetero) is 2. The number of nitrogens with zero attached hydrogens (tertiary/aromatic N) is 1. The van der Waals surface area contributed by atoms with Crippen LogP contribution in [0.15, 0.2) is 24.3 Å². The molecule has 0 amide bonds. The highest BCUT2D eigenvalue weighted by atomic mass is 16.1. The van der Waals surface area contributed by atoms with Gasteiger partial charge in [-0.05, 0) is 26.1 Å². The molecular weight excluding hydrogens is 262 g/mol. The molecule has 0 saturated heterocycles. The van der Waals surface area contributed by atoms with Crippen LogP contribution in [-0.2, 0) is 0 Å². The van der Waals surface area contributed by atoms with E-state index in [9.17, 15) is 9.59 Å². The highest BCUT2D eigenvalue weighted by Crippen LogP contribution is 2.16. The average molecular weight is 289 g/mol. The molecule has 0 bridgehead atoms. The summed E-state index contributed by atoms with van der Waals surface area (Å²) in [5, 5.41) is 0. The molecule has 3 heteroatoms. The van der Waals surface area contributed by atoms with Crippen LogP contribution in [0.1, 0.15) is 61.3 Å². The average Bonchev–Trinajstić information content (AvgIpc) is 2.50. The summed E-state index contributed by atoms with van der Waals surface area (Å²) in [4.78, 5) is 26.9. The van der Waals surface area contributed by atoms with Crippen LogP contribution in [0.4, 0.5) is 0 Å². The van der Waals surface area contributed by atoms with Crippen LogP contribution in [0.2, 0.25) is 0 Å². The van der Waals surface area contributed by atoms with Crippen LogP contribution >= 0.6 is 0 Å². The number of rotatable bonds is 9. The van der Waals surface area contributed by atoms with Crippen LogP contribution in [0.3, 0.4) is 0 Å². The number of hydrogen-bond donors (Lipinski definition) is 0. The predicted octanol–water partition coefficient (Wildman–Crippen LogP) is 3.83. The second kappa shape index (κ2) is 8.73. The SMILES string of the molecule is CCN(CC)CCCC(=O)c1ccccc1C(=O)C(C)C. The molecule has 0 radical (unpaired) electrons. The quantitative estimate of drug-likeness (QED) is 0.648. The fourth-order valence-corrected chi connectivity index (χ4v) is 2.39. The summed E-state index contributed by atoms with van der Waals surface area (Å²) in [7, 11) is 0. The lowest BCUT2D eigenvalue weighted by molar-refractivity contribution is 0.0919. The van der Waals surface area contributed by atoms with E-state index < -0.39 is 0 Å². The molecule has 116 valence electrons. The van der Waals surface area contributed by atoms with Crippen molar-refractivity contribution >= 4 is 11.6 Å². The van der Waals surface area contributed by atoms with E-state index in [0.717, 1.165) is 26.1 Å². The molecule has 0 fully saturated rings. The van der Waals surface area contributed by atoms with Gasteiger partial charge in [-0.3, -0.25) is 9.59 Å². The van der Waals surface area contributed by atoms with Crippen LogP contribution < -0.4 is 0 Å². The number of carbonyl (C=O) groups is 2. The number of ketones is 2. The molecule has 0 aromatic heterocycles. The molecule has 0 spiro atoms. The number of hydrogen-bond acceptors (Lipinski definition) is 3. The van der Waals surface area contributed by atoms with Gasteiger partial charge in [-0.15, -0.1) is 0 Å². The van der Waals surface area contributed by atoms with Crippen molar-refractivity contribution in [1.82, 2.24) is 4.90 Å². The zero-order valence-corrected chi connectivity index (χ0v) is 13.7. The maximum atomic E-state index is 12.4. The molecule has 0 aliphatic heterocycles. The Kier molecular flexibility index (Phi) is 7.30. The van der Waals surface area contributed by atoms with Crippen molar-refractivity contribution in [3.63, 3.8) is 0 Å². The Morgan fingerprint density at radius 3 is 2.14 bits per heavy atom. The van der Waals surface area contributed by atoms with E-state index in [1.165, 1.54) is 0 Å². The lowest BCUT2D eigenvalue weighted by Gasteiger charge is -2.17. The molecule has 0 atom stereocenters. The van der Waals surface area contributed by atoms with Crippen molar-refractivity contribution in [2.45, 2.75) is 40.5 Å². The maximum absolute atomic E-state index is 12.4. The molecule has 21 heavy (non-hydrogen) atoms. The van der Waals surface area contributed by atoms with Crippen LogP contribution in [0.25, 0.3) is 0 Å². The fourth-order valence-electron chi connectivity index (χ4n) is 2.39. The molecule has 0 aliphatic rings. The second-order valence-electron chi connectivity index (χ2n) is 5.62. The number of benzene rings is 1. The van der Waals surface area contributed by atoms with Gasteiger partial charge < -0.3 is 4.90 Å². The standard InChI is InChI=1S/C18H27NO2/c1-5-19(6-2)13-9-12-17(20)15-10-7-8-11-16(15)18(21)14(3)4/h7-8,10-11,14H,5-6,9,12-13H2,1-4H3. The molecule has 1 aromatic carbocycles. The molecule has 0 saturated carbocycles. The maximum Gasteiger partial charge on any atom is 0.166 e.